The number of hydrogen-bond donors (Lipinski definition) is 2. The van der Waals surface area contributed by atoms with Gasteiger partial charge in [-0.3, -0.25) is 0 Å². The molecule has 3 nitrogen and oxygen atoms in total. The van der Waals surface area contributed by atoms with Crippen molar-refractivity contribution in [3.63, 3.8) is 0 Å². The maximum absolute atomic E-state index is 10.6. The minimum absolute atomic E-state index is 0.698. The summed E-state index contributed by atoms with van der Waals surface area (Å²) in [4.78, 5) is 0. The van der Waals surface area contributed by atoms with Gasteiger partial charge < -0.3 is 15.2 Å². The van der Waals surface area contributed by atoms with Crippen molar-refractivity contribution in [3.05, 3.63) is 60.2 Å². The van der Waals surface area contributed by atoms with E-state index in [4.69, 9.17) is 4.74 Å². The molecule has 104 valence electrons. The van der Waals surface area contributed by atoms with Crippen molar-refractivity contribution in [3.8, 4) is 11.5 Å². The predicted octanol–water partition coefficient (Wildman–Crippen LogP) is 3.05. The fraction of sp³-hybridized carbons (Fsp3) is 0.294. The van der Waals surface area contributed by atoms with Gasteiger partial charge in [-0.05, 0) is 55.8 Å². The van der Waals surface area contributed by atoms with Gasteiger partial charge in [-0.2, -0.15) is 0 Å². The van der Waals surface area contributed by atoms with E-state index in [1.165, 1.54) is 0 Å². The molecule has 3 rings (SSSR count). The third-order valence-corrected chi connectivity index (χ3v) is 3.80. The SMILES string of the molecule is OC1(c2ccc(Oc3ccccc3)cc2)CCNCC1. The first-order chi connectivity index (χ1) is 9.76. The molecule has 0 radical (unpaired) electrons. The Bertz CT molecular complexity index is 545. The molecule has 20 heavy (non-hydrogen) atoms. The van der Waals surface area contributed by atoms with Gasteiger partial charge in [0.15, 0.2) is 0 Å². The molecule has 1 heterocycles. The van der Waals surface area contributed by atoms with Crippen molar-refractivity contribution in [2.24, 2.45) is 0 Å². The summed E-state index contributed by atoms with van der Waals surface area (Å²) >= 11 is 0. The molecule has 0 aromatic heterocycles. The molecular formula is C17H19NO2. The van der Waals surface area contributed by atoms with Crippen molar-refractivity contribution in [2.75, 3.05) is 13.1 Å². The first kappa shape index (κ1) is 13.2. The van der Waals surface area contributed by atoms with E-state index in [2.05, 4.69) is 5.32 Å². The molecule has 2 N–H and O–H groups in total. The Hall–Kier alpha value is -1.84. The van der Waals surface area contributed by atoms with Gasteiger partial charge in [0.1, 0.15) is 11.5 Å². The third kappa shape index (κ3) is 2.84. The standard InChI is InChI=1S/C17H19NO2/c19-17(10-12-18-13-11-17)14-6-8-16(9-7-14)20-15-4-2-1-3-5-15/h1-9,18-19H,10-13H2. The maximum atomic E-state index is 10.6. The molecule has 0 bridgehead atoms. The zero-order valence-electron chi connectivity index (χ0n) is 11.4. The van der Waals surface area contributed by atoms with E-state index in [0.717, 1.165) is 43.0 Å². The maximum Gasteiger partial charge on any atom is 0.127 e. The second-order valence-electron chi connectivity index (χ2n) is 5.22. The first-order valence-electron chi connectivity index (χ1n) is 7.03. The molecule has 0 spiro atoms. The van der Waals surface area contributed by atoms with Crippen molar-refractivity contribution >= 4 is 0 Å². The molecule has 1 aliphatic heterocycles. The summed E-state index contributed by atoms with van der Waals surface area (Å²) in [5.41, 5.74) is 0.274. The van der Waals surface area contributed by atoms with Crippen molar-refractivity contribution in [1.29, 1.82) is 0 Å². The van der Waals surface area contributed by atoms with Crippen LogP contribution in [0.15, 0.2) is 54.6 Å². The van der Waals surface area contributed by atoms with Gasteiger partial charge in [0, 0.05) is 0 Å². The van der Waals surface area contributed by atoms with Crippen LogP contribution in [-0.4, -0.2) is 18.2 Å². The zero-order valence-corrected chi connectivity index (χ0v) is 11.4. The fourth-order valence-electron chi connectivity index (χ4n) is 2.59. The van der Waals surface area contributed by atoms with Crippen LogP contribution >= 0.6 is 0 Å². The molecule has 3 heteroatoms. The van der Waals surface area contributed by atoms with Gasteiger partial charge in [-0.25, -0.2) is 0 Å². The van der Waals surface area contributed by atoms with Crippen LogP contribution in [0.1, 0.15) is 18.4 Å². The van der Waals surface area contributed by atoms with Crippen LogP contribution in [0.3, 0.4) is 0 Å². The Kier molecular flexibility index (Phi) is 3.72. The third-order valence-electron chi connectivity index (χ3n) is 3.80. The lowest BCUT2D eigenvalue weighted by atomic mass is 9.85. The lowest BCUT2D eigenvalue weighted by Crippen LogP contribution is -2.39. The highest BCUT2D eigenvalue weighted by atomic mass is 16.5. The van der Waals surface area contributed by atoms with E-state index >= 15 is 0 Å². The van der Waals surface area contributed by atoms with E-state index in [1.54, 1.807) is 0 Å². The molecule has 1 saturated heterocycles. The second kappa shape index (κ2) is 5.65. The molecule has 0 amide bonds. The largest absolute Gasteiger partial charge is 0.457 e. The smallest absolute Gasteiger partial charge is 0.127 e. The second-order valence-corrected chi connectivity index (χ2v) is 5.22. The molecular weight excluding hydrogens is 250 g/mol. The van der Waals surface area contributed by atoms with E-state index in [9.17, 15) is 5.11 Å². The lowest BCUT2D eigenvalue weighted by molar-refractivity contribution is 0.00592. The minimum Gasteiger partial charge on any atom is -0.457 e. The molecule has 2 aromatic carbocycles. The van der Waals surface area contributed by atoms with Crippen molar-refractivity contribution in [2.45, 2.75) is 18.4 Å². The Morgan fingerprint density at radius 2 is 1.45 bits per heavy atom. The van der Waals surface area contributed by atoms with Crippen LogP contribution in [0.2, 0.25) is 0 Å². The molecule has 2 aromatic rings. The van der Waals surface area contributed by atoms with Crippen LogP contribution in [0.5, 0.6) is 11.5 Å². The van der Waals surface area contributed by atoms with Crippen LogP contribution in [-0.2, 0) is 5.60 Å². The zero-order chi connectivity index (χ0) is 13.8. The molecule has 0 aliphatic carbocycles. The Labute approximate surface area is 119 Å². The number of benzene rings is 2. The highest BCUT2D eigenvalue weighted by molar-refractivity contribution is 5.35. The van der Waals surface area contributed by atoms with Crippen molar-refractivity contribution in [1.82, 2.24) is 5.32 Å². The number of nitrogens with one attached hydrogen (secondary N) is 1. The van der Waals surface area contributed by atoms with Crippen LogP contribution < -0.4 is 10.1 Å². The highest BCUT2D eigenvalue weighted by Gasteiger charge is 2.30. The summed E-state index contributed by atoms with van der Waals surface area (Å²) in [6, 6.07) is 17.5. The topological polar surface area (TPSA) is 41.5 Å². The van der Waals surface area contributed by atoms with Crippen molar-refractivity contribution < 1.29 is 9.84 Å². The number of hydrogen-bond acceptors (Lipinski definition) is 3. The lowest BCUT2D eigenvalue weighted by Gasteiger charge is -2.33. The van der Waals surface area contributed by atoms with Crippen LogP contribution in [0.4, 0.5) is 0 Å². The number of para-hydroxylation sites is 1. The molecule has 0 unspecified atom stereocenters. The molecule has 1 fully saturated rings. The van der Waals surface area contributed by atoms with Gasteiger partial charge in [0.2, 0.25) is 0 Å². The quantitative estimate of drug-likeness (QED) is 0.900. The average molecular weight is 269 g/mol. The van der Waals surface area contributed by atoms with Gasteiger partial charge in [-0.1, -0.05) is 30.3 Å². The van der Waals surface area contributed by atoms with Gasteiger partial charge >= 0.3 is 0 Å². The van der Waals surface area contributed by atoms with Gasteiger partial charge in [0.05, 0.1) is 5.60 Å². The first-order valence-corrected chi connectivity index (χ1v) is 7.03. The van der Waals surface area contributed by atoms with Crippen LogP contribution in [0, 0.1) is 0 Å². The Balaban J connectivity index is 1.74. The molecule has 0 atom stereocenters. The van der Waals surface area contributed by atoms with Gasteiger partial charge in [-0.15, -0.1) is 0 Å². The highest BCUT2D eigenvalue weighted by Crippen LogP contribution is 2.32. The summed E-state index contributed by atoms with van der Waals surface area (Å²) in [5.74, 6) is 1.61. The van der Waals surface area contributed by atoms with E-state index in [1.807, 2.05) is 54.6 Å². The number of piperidine rings is 1. The average Bonchev–Trinajstić information content (AvgIpc) is 2.50. The monoisotopic (exact) mass is 269 g/mol. The molecule has 0 saturated carbocycles. The number of aliphatic hydroxyl groups is 1. The Morgan fingerprint density at radius 3 is 2.10 bits per heavy atom. The number of rotatable bonds is 3. The Morgan fingerprint density at radius 1 is 0.850 bits per heavy atom. The predicted molar refractivity (Wildman–Crippen MR) is 79.0 cm³/mol. The minimum atomic E-state index is -0.698. The molecule has 1 aliphatic rings. The normalized spacial score (nSPS) is 17.6. The summed E-state index contributed by atoms with van der Waals surface area (Å²) in [6.07, 6.45) is 1.51. The fourth-order valence-corrected chi connectivity index (χ4v) is 2.59. The van der Waals surface area contributed by atoms with Gasteiger partial charge in [0.25, 0.3) is 0 Å². The van der Waals surface area contributed by atoms with E-state index in [0.29, 0.717) is 0 Å². The summed E-state index contributed by atoms with van der Waals surface area (Å²) < 4.78 is 5.76. The van der Waals surface area contributed by atoms with E-state index in [-0.39, 0.29) is 0 Å². The van der Waals surface area contributed by atoms with Crippen LogP contribution in [0.25, 0.3) is 0 Å². The summed E-state index contributed by atoms with van der Waals surface area (Å²) in [5, 5.41) is 13.9. The van der Waals surface area contributed by atoms with E-state index < -0.39 is 5.60 Å². The number of ether oxygens (including phenoxy) is 1. The summed E-state index contributed by atoms with van der Waals surface area (Å²) in [7, 11) is 0. The summed E-state index contributed by atoms with van der Waals surface area (Å²) in [6.45, 7) is 1.72.